The van der Waals surface area contributed by atoms with Crippen molar-refractivity contribution >= 4 is 5.97 Å². The van der Waals surface area contributed by atoms with Gasteiger partial charge in [-0.05, 0) is 19.1 Å². The predicted molar refractivity (Wildman–Crippen MR) is 57.2 cm³/mol. The van der Waals surface area contributed by atoms with Gasteiger partial charge in [-0.25, -0.2) is 4.79 Å². The van der Waals surface area contributed by atoms with Gasteiger partial charge in [-0.1, -0.05) is 18.2 Å². The molecule has 0 spiro atoms. The maximum atomic E-state index is 11.2. The zero-order chi connectivity index (χ0) is 11.6. The van der Waals surface area contributed by atoms with Gasteiger partial charge >= 0.3 is 5.97 Å². The summed E-state index contributed by atoms with van der Waals surface area (Å²) in [6.45, 7) is 2.17. The lowest BCUT2D eigenvalue weighted by Crippen LogP contribution is -2.25. The van der Waals surface area contributed by atoms with Gasteiger partial charge in [0, 0.05) is 0 Å². The number of para-hydroxylation sites is 1. The third-order valence-corrected chi connectivity index (χ3v) is 2.57. The van der Waals surface area contributed by atoms with Crippen molar-refractivity contribution < 1.29 is 19.0 Å². The van der Waals surface area contributed by atoms with E-state index in [4.69, 9.17) is 9.47 Å². The lowest BCUT2D eigenvalue weighted by molar-refractivity contribution is -0.142. The van der Waals surface area contributed by atoms with Crippen molar-refractivity contribution in [1.29, 1.82) is 0 Å². The Morgan fingerprint density at radius 2 is 2.12 bits per heavy atom. The van der Waals surface area contributed by atoms with Crippen molar-refractivity contribution in [1.82, 2.24) is 0 Å². The van der Waals surface area contributed by atoms with Crippen molar-refractivity contribution in [3.8, 4) is 5.75 Å². The van der Waals surface area contributed by atoms with Crippen LogP contribution in [0.1, 0.15) is 6.92 Å². The van der Waals surface area contributed by atoms with Crippen LogP contribution in [0.5, 0.6) is 5.75 Å². The van der Waals surface area contributed by atoms with Gasteiger partial charge in [0.1, 0.15) is 18.0 Å². The van der Waals surface area contributed by atoms with Crippen LogP contribution in [0.2, 0.25) is 0 Å². The summed E-state index contributed by atoms with van der Waals surface area (Å²) in [6, 6.07) is 9.42. The molecule has 0 saturated carbocycles. The Bertz CT molecular complexity index is 376. The van der Waals surface area contributed by atoms with E-state index in [9.17, 15) is 4.79 Å². The van der Waals surface area contributed by atoms with E-state index < -0.39 is 11.7 Å². The molecule has 0 N–H and O–H groups in total. The molecule has 0 aliphatic carbocycles. The van der Waals surface area contributed by atoms with Crippen molar-refractivity contribution in [2.75, 3.05) is 13.7 Å². The van der Waals surface area contributed by atoms with E-state index >= 15 is 0 Å². The summed E-state index contributed by atoms with van der Waals surface area (Å²) in [4.78, 5) is 11.2. The number of ether oxygens (including phenoxy) is 3. The first kappa shape index (κ1) is 11.0. The van der Waals surface area contributed by atoms with Gasteiger partial charge < -0.3 is 14.2 Å². The summed E-state index contributed by atoms with van der Waals surface area (Å²) >= 11 is 0. The number of esters is 1. The highest BCUT2D eigenvalue weighted by atomic mass is 16.7. The van der Waals surface area contributed by atoms with Gasteiger partial charge in [0.25, 0.3) is 0 Å². The minimum absolute atomic E-state index is 0.344. The Kier molecular flexibility index (Phi) is 2.83. The molecule has 1 aliphatic rings. The maximum Gasteiger partial charge on any atom is 0.338 e. The topological polar surface area (TPSA) is 48.1 Å². The monoisotopic (exact) mass is 222 g/mol. The van der Waals surface area contributed by atoms with Gasteiger partial charge in [0.2, 0.25) is 0 Å². The lowest BCUT2D eigenvalue weighted by Gasteiger charge is -2.08. The van der Waals surface area contributed by atoms with Crippen LogP contribution >= 0.6 is 0 Å². The number of hydrogen-bond acceptors (Lipinski definition) is 4. The lowest BCUT2D eigenvalue weighted by atomic mass is 10.1. The fraction of sp³-hybridized carbons (Fsp3) is 0.417. The van der Waals surface area contributed by atoms with Gasteiger partial charge in [0.05, 0.1) is 7.11 Å². The molecule has 0 bridgehead atoms. The first-order valence-electron chi connectivity index (χ1n) is 5.09. The Labute approximate surface area is 94.1 Å². The smallest absolute Gasteiger partial charge is 0.338 e. The summed E-state index contributed by atoms with van der Waals surface area (Å²) < 4.78 is 15.4. The number of rotatable bonds is 4. The molecule has 2 unspecified atom stereocenters. The Morgan fingerprint density at radius 1 is 1.44 bits per heavy atom. The van der Waals surface area contributed by atoms with Crippen LogP contribution in [0, 0.1) is 0 Å². The van der Waals surface area contributed by atoms with Crippen LogP contribution in [0.3, 0.4) is 0 Å². The van der Waals surface area contributed by atoms with E-state index in [1.54, 1.807) is 0 Å². The van der Waals surface area contributed by atoms with E-state index in [2.05, 4.69) is 4.74 Å². The molecular weight excluding hydrogens is 208 g/mol. The summed E-state index contributed by atoms with van der Waals surface area (Å²) in [5.41, 5.74) is -0.553. The molecule has 2 atom stereocenters. The molecule has 1 saturated heterocycles. The second-order valence-corrected chi connectivity index (χ2v) is 3.94. The minimum Gasteiger partial charge on any atom is -0.490 e. The van der Waals surface area contributed by atoms with Crippen LogP contribution in [0.4, 0.5) is 0 Å². The second-order valence-electron chi connectivity index (χ2n) is 3.94. The number of carbonyl (C=O) groups excluding carboxylic acids is 1. The fourth-order valence-corrected chi connectivity index (χ4v) is 1.49. The summed E-state index contributed by atoms with van der Waals surface area (Å²) in [6.07, 6.45) is -0.499. The van der Waals surface area contributed by atoms with E-state index in [0.717, 1.165) is 5.75 Å². The summed E-state index contributed by atoms with van der Waals surface area (Å²) in [7, 11) is 1.35. The van der Waals surface area contributed by atoms with Gasteiger partial charge in [0.15, 0.2) is 6.10 Å². The third-order valence-electron chi connectivity index (χ3n) is 2.57. The fourth-order valence-electron chi connectivity index (χ4n) is 1.49. The zero-order valence-electron chi connectivity index (χ0n) is 9.30. The molecule has 4 nitrogen and oxygen atoms in total. The average Bonchev–Trinajstić information content (AvgIpc) is 3.00. The molecule has 0 radical (unpaired) electrons. The molecule has 1 heterocycles. The number of epoxide rings is 1. The maximum absolute atomic E-state index is 11.2. The van der Waals surface area contributed by atoms with Crippen LogP contribution in [-0.4, -0.2) is 31.4 Å². The SMILES string of the molecule is COC(=O)C1OC1(C)COc1ccccc1. The average molecular weight is 222 g/mol. The number of methoxy groups -OCH3 is 1. The summed E-state index contributed by atoms with van der Waals surface area (Å²) in [5.74, 6) is 0.419. The van der Waals surface area contributed by atoms with Crippen molar-refractivity contribution in [3.05, 3.63) is 30.3 Å². The van der Waals surface area contributed by atoms with E-state index in [0.29, 0.717) is 6.61 Å². The largest absolute Gasteiger partial charge is 0.490 e. The molecule has 2 rings (SSSR count). The number of hydrogen-bond donors (Lipinski definition) is 0. The molecule has 0 amide bonds. The predicted octanol–water partition coefficient (Wildman–Crippen LogP) is 1.40. The van der Waals surface area contributed by atoms with Crippen molar-refractivity contribution in [3.63, 3.8) is 0 Å². The highest BCUT2D eigenvalue weighted by molar-refractivity contribution is 5.79. The Morgan fingerprint density at radius 3 is 2.75 bits per heavy atom. The minimum atomic E-state index is -0.553. The third kappa shape index (κ3) is 2.17. The molecule has 86 valence electrons. The molecule has 1 aromatic carbocycles. The molecular formula is C12H14O4. The Balaban J connectivity index is 1.86. The van der Waals surface area contributed by atoms with Gasteiger partial charge in [-0.2, -0.15) is 0 Å². The number of carbonyl (C=O) groups is 1. The van der Waals surface area contributed by atoms with Gasteiger partial charge in [-0.3, -0.25) is 0 Å². The molecule has 16 heavy (non-hydrogen) atoms. The first-order chi connectivity index (χ1) is 7.65. The zero-order valence-corrected chi connectivity index (χ0v) is 9.30. The first-order valence-corrected chi connectivity index (χ1v) is 5.09. The molecule has 1 aliphatic heterocycles. The normalized spacial score (nSPS) is 27.2. The Hall–Kier alpha value is -1.55. The molecule has 4 heteroatoms. The van der Waals surface area contributed by atoms with Gasteiger partial charge in [-0.15, -0.1) is 0 Å². The van der Waals surface area contributed by atoms with Crippen LogP contribution in [-0.2, 0) is 14.3 Å². The van der Waals surface area contributed by atoms with E-state index in [1.807, 2.05) is 37.3 Å². The highest BCUT2D eigenvalue weighted by Gasteiger charge is 2.58. The second kappa shape index (κ2) is 4.14. The highest BCUT2D eigenvalue weighted by Crippen LogP contribution is 2.37. The summed E-state index contributed by atoms with van der Waals surface area (Å²) in [5, 5.41) is 0. The molecule has 1 fully saturated rings. The quantitative estimate of drug-likeness (QED) is 0.570. The number of benzene rings is 1. The van der Waals surface area contributed by atoms with E-state index in [1.165, 1.54) is 7.11 Å². The van der Waals surface area contributed by atoms with Crippen molar-refractivity contribution in [2.45, 2.75) is 18.6 Å². The van der Waals surface area contributed by atoms with Crippen molar-refractivity contribution in [2.24, 2.45) is 0 Å². The van der Waals surface area contributed by atoms with Crippen LogP contribution in [0.25, 0.3) is 0 Å². The van der Waals surface area contributed by atoms with Crippen LogP contribution in [0.15, 0.2) is 30.3 Å². The molecule has 1 aromatic rings. The van der Waals surface area contributed by atoms with Crippen LogP contribution < -0.4 is 4.74 Å². The molecule has 0 aromatic heterocycles. The van der Waals surface area contributed by atoms with E-state index in [-0.39, 0.29) is 5.97 Å². The standard InChI is InChI=1S/C12H14O4/c1-12(10(16-12)11(13)14-2)8-15-9-6-4-3-5-7-9/h3-7,10H,8H2,1-2H3.